The first kappa shape index (κ1) is 11.9. The van der Waals surface area contributed by atoms with Crippen molar-refractivity contribution >= 4 is 0 Å². The van der Waals surface area contributed by atoms with Crippen molar-refractivity contribution < 1.29 is 4.74 Å². The fourth-order valence-corrected chi connectivity index (χ4v) is 1.12. The van der Waals surface area contributed by atoms with Crippen LogP contribution in [-0.2, 0) is 4.74 Å². The summed E-state index contributed by atoms with van der Waals surface area (Å²) in [5.74, 6) is 0. The molecule has 3 nitrogen and oxygen atoms in total. The number of nitrogens with two attached hydrogens (primary N) is 1. The van der Waals surface area contributed by atoms with Crippen LogP contribution in [0, 0.1) is 0 Å². The van der Waals surface area contributed by atoms with Crippen molar-refractivity contribution in [2.75, 3.05) is 39.4 Å². The van der Waals surface area contributed by atoms with Gasteiger partial charge in [0.15, 0.2) is 0 Å². The smallest absolute Gasteiger partial charge is 0.0594 e. The molecule has 0 spiro atoms. The molecule has 0 aromatic carbocycles. The van der Waals surface area contributed by atoms with Crippen LogP contribution in [0.1, 0.15) is 20.3 Å². The molecule has 0 fully saturated rings. The normalized spacial score (nSPS) is 11.0. The highest BCUT2D eigenvalue weighted by molar-refractivity contribution is 4.52. The lowest BCUT2D eigenvalue weighted by atomic mass is 10.4. The average Bonchev–Trinajstić information content (AvgIpc) is 2.10. The van der Waals surface area contributed by atoms with Crippen molar-refractivity contribution in [1.29, 1.82) is 0 Å². The van der Waals surface area contributed by atoms with Crippen LogP contribution in [0.5, 0.6) is 0 Å². The van der Waals surface area contributed by atoms with E-state index in [1.165, 1.54) is 13.0 Å². The molecule has 12 heavy (non-hydrogen) atoms. The topological polar surface area (TPSA) is 38.5 Å². The van der Waals surface area contributed by atoms with E-state index in [0.29, 0.717) is 13.2 Å². The molecule has 0 radical (unpaired) electrons. The molecule has 0 saturated carbocycles. The molecule has 0 heterocycles. The number of hydrogen-bond acceptors (Lipinski definition) is 3. The first-order valence-electron chi connectivity index (χ1n) is 4.85. The SMILES string of the molecule is CCCN(CC)CCOCCN. The molecule has 0 unspecified atom stereocenters. The number of ether oxygens (including phenoxy) is 1. The molecule has 0 aromatic rings. The summed E-state index contributed by atoms with van der Waals surface area (Å²) in [4.78, 5) is 2.39. The maximum Gasteiger partial charge on any atom is 0.0594 e. The molecule has 0 atom stereocenters. The van der Waals surface area contributed by atoms with E-state index in [4.69, 9.17) is 10.5 Å². The Labute approximate surface area is 75.9 Å². The van der Waals surface area contributed by atoms with E-state index in [1.54, 1.807) is 0 Å². The van der Waals surface area contributed by atoms with E-state index in [-0.39, 0.29) is 0 Å². The predicted molar refractivity (Wildman–Crippen MR) is 52.3 cm³/mol. The molecule has 0 rings (SSSR count). The Morgan fingerprint density at radius 3 is 2.42 bits per heavy atom. The predicted octanol–water partition coefficient (Wildman–Crippen LogP) is 0.694. The van der Waals surface area contributed by atoms with E-state index in [1.807, 2.05) is 0 Å². The zero-order valence-electron chi connectivity index (χ0n) is 8.38. The van der Waals surface area contributed by atoms with E-state index in [2.05, 4.69) is 18.7 Å². The Morgan fingerprint density at radius 2 is 1.92 bits per heavy atom. The highest BCUT2D eigenvalue weighted by Gasteiger charge is 1.98. The number of likely N-dealkylation sites (N-methyl/N-ethyl adjacent to an activating group) is 1. The van der Waals surface area contributed by atoms with Crippen molar-refractivity contribution in [3.05, 3.63) is 0 Å². The molecule has 0 bridgehead atoms. The molecule has 0 amide bonds. The molecule has 3 heteroatoms. The van der Waals surface area contributed by atoms with E-state index < -0.39 is 0 Å². The summed E-state index contributed by atoms with van der Waals surface area (Å²) in [6.45, 7) is 9.81. The second-order valence-electron chi connectivity index (χ2n) is 2.84. The Morgan fingerprint density at radius 1 is 1.17 bits per heavy atom. The van der Waals surface area contributed by atoms with Gasteiger partial charge in [0.05, 0.1) is 13.2 Å². The Hall–Kier alpha value is -0.120. The number of hydrogen-bond donors (Lipinski definition) is 1. The first-order chi connectivity index (χ1) is 5.85. The molecule has 0 saturated heterocycles. The van der Waals surface area contributed by atoms with E-state index in [9.17, 15) is 0 Å². The average molecular weight is 174 g/mol. The Bertz CT molecular complexity index is 88.6. The standard InChI is InChI=1S/C9H22N2O/c1-3-6-11(4-2)7-9-12-8-5-10/h3-10H2,1-2H3. The second-order valence-corrected chi connectivity index (χ2v) is 2.84. The zero-order chi connectivity index (χ0) is 9.23. The van der Waals surface area contributed by atoms with Crippen LogP contribution >= 0.6 is 0 Å². The minimum absolute atomic E-state index is 0.625. The quantitative estimate of drug-likeness (QED) is 0.550. The van der Waals surface area contributed by atoms with Crippen LogP contribution in [-0.4, -0.2) is 44.3 Å². The lowest BCUT2D eigenvalue weighted by Crippen LogP contribution is -2.28. The van der Waals surface area contributed by atoms with Crippen molar-refractivity contribution in [2.24, 2.45) is 5.73 Å². The molecule has 2 N–H and O–H groups in total. The summed E-state index contributed by atoms with van der Waals surface area (Å²) in [7, 11) is 0. The highest BCUT2D eigenvalue weighted by Crippen LogP contribution is 1.90. The van der Waals surface area contributed by atoms with E-state index in [0.717, 1.165) is 19.7 Å². The van der Waals surface area contributed by atoms with Crippen molar-refractivity contribution in [3.63, 3.8) is 0 Å². The minimum Gasteiger partial charge on any atom is -0.379 e. The van der Waals surface area contributed by atoms with Gasteiger partial charge in [-0.1, -0.05) is 13.8 Å². The van der Waals surface area contributed by atoms with Gasteiger partial charge in [-0.05, 0) is 19.5 Å². The van der Waals surface area contributed by atoms with Crippen LogP contribution in [0.25, 0.3) is 0 Å². The third kappa shape index (κ3) is 6.58. The molecule has 0 aliphatic heterocycles. The van der Waals surface area contributed by atoms with Gasteiger partial charge in [-0.15, -0.1) is 0 Å². The summed E-state index contributed by atoms with van der Waals surface area (Å²) in [6, 6.07) is 0. The fourth-order valence-electron chi connectivity index (χ4n) is 1.12. The molecular formula is C9H22N2O. The van der Waals surface area contributed by atoms with Crippen molar-refractivity contribution in [1.82, 2.24) is 4.90 Å². The maximum atomic E-state index is 5.30. The molecule has 0 aromatic heterocycles. The molecule has 0 aliphatic carbocycles. The Kier molecular flexibility index (Phi) is 8.88. The highest BCUT2D eigenvalue weighted by atomic mass is 16.5. The number of nitrogens with zero attached hydrogens (tertiary/aromatic N) is 1. The summed E-state index contributed by atoms with van der Waals surface area (Å²) in [6.07, 6.45) is 1.21. The summed E-state index contributed by atoms with van der Waals surface area (Å²) < 4.78 is 5.29. The molecular weight excluding hydrogens is 152 g/mol. The van der Waals surface area contributed by atoms with Crippen LogP contribution in [0.2, 0.25) is 0 Å². The summed E-state index contributed by atoms with van der Waals surface area (Å²) in [5.41, 5.74) is 5.30. The third-order valence-electron chi connectivity index (χ3n) is 1.80. The minimum atomic E-state index is 0.625. The maximum absolute atomic E-state index is 5.30. The first-order valence-corrected chi connectivity index (χ1v) is 4.85. The van der Waals surface area contributed by atoms with Crippen LogP contribution in [0.15, 0.2) is 0 Å². The third-order valence-corrected chi connectivity index (χ3v) is 1.80. The Balaban J connectivity index is 3.19. The van der Waals surface area contributed by atoms with Gasteiger partial charge < -0.3 is 15.4 Å². The number of rotatable bonds is 8. The van der Waals surface area contributed by atoms with Crippen molar-refractivity contribution in [3.8, 4) is 0 Å². The summed E-state index contributed by atoms with van der Waals surface area (Å²) >= 11 is 0. The molecule has 0 aliphatic rings. The lowest BCUT2D eigenvalue weighted by molar-refractivity contribution is 0.111. The van der Waals surface area contributed by atoms with Gasteiger partial charge in [0, 0.05) is 13.1 Å². The largest absolute Gasteiger partial charge is 0.379 e. The van der Waals surface area contributed by atoms with Crippen LogP contribution < -0.4 is 5.73 Å². The lowest BCUT2D eigenvalue weighted by Gasteiger charge is -2.18. The van der Waals surface area contributed by atoms with Gasteiger partial charge in [0.2, 0.25) is 0 Å². The van der Waals surface area contributed by atoms with Gasteiger partial charge in [-0.25, -0.2) is 0 Å². The van der Waals surface area contributed by atoms with Gasteiger partial charge >= 0.3 is 0 Å². The van der Waals surface area contributed by atoms with Crippen molar-refractivity contribution in [2.45, 2.75) is 20.3 Å². The van der Waals surface area contributed by atoms with Gasteiger partial charge in [-0.3, -0.25) is 0 Å². The van der Waals surface area contributed by atoms with Gasteiger partial charge in [-0.2, -0.15) is 0 Å². The fraction of sp³-hybridized carbons (Fsp3) is 1.00. The molecule has 74 valence electrons. The zero-order valence-corrected chi connectivity index (χ0v) is 8.38. The van der Waals surface area contributed by atoms with Crippen LogP contribution in [0.4, 0.5) is 0 Å². The second kappa shape index (κ2) is 8.97. The summed E-state index contributed by atoms with van der Waals surface area (Å²) in [5, 5.41) is 0. The monoisotopic (exact) mass is 174 g/mol. The van der Waals surface area contributed by atoms with Crippen LogP contribution in [0.3, 0.4) is 0 Å². The van der Waals surface area contributed by atoms with E-state index >= 15 is 0 Å². The van der Waals surface area contributed by atoms with Gasteiger partial charge in [0.1, 0.15) is 0 Å². The van der Waals surface area contributed by atoms with Gasteiger partial charge in [0.25, 0.3) is 0 Å².